The van der Waals surface area contributed by atoms with Crippen LogP contribution in [0.3, 0.4) is 0 Å². The van der Waals surface area contributed by atoms with Crippen molar-refractivity contribution in [3.8, 4) is 16.8 Å². The van der Waals surface area contributed by atoms with Crippen LogP contribution in [0.5, 0.6) is 0 Å². The molecule has 0 atom stereocenters. The molecule has 7 aromatic rings. The molecule has 0 radical (unpaired) electrons. The number of aryl methyl sites for hydroxylation is 1. The van der Waals surface area contributed by atoms with E-state index in [1.807, 2.05) is 17.4 Å². The average molecular weight is 553 g/mol. The van der Waals surface area contributed by atoms with E-state index >= 15 is 0 Å². The lowest BCUT2D eigenvalue weighted by Crippen LogP contribution is -1.94. The number of hydrogen-bond acceptors (Lipinski definition) is 1. The molecule has 0 N–H and O–H groups in total. The van der Waals surface area contributed by atoms with Crippen LogP contribution in [0.1, 0.15) is 5.56 Å². The minimum Gasteiger partial charge on any atom is -0.309 e. The summed E-state index contributed by atoms with van der Waals surface area (Å²) in [6, 6.07) is 34.8. The summed E-state index contributed by atoms with van der Waals surface area (Å²) >= 11 is 12.0. The third-order valence-corrected chi connectivity index (χ3v) is 8.60. The van der Waals surface area contributed by atoms with Gasteiger partial charge in [0.1, 0.15) is 0 Å². The van der Waals surface area contributed by atoms with E-state index in [4.69, 9.17) is 11.6 Å². The zero-order chi connectivity index (χ0) is 23.7. The summed E-state index contributed by atoms with van der Waals surface area (Å²) in [5.74, 6) is 0. The maximum atomic E-state index is 6.51. The van der Waals surface area contributed by atoms with Gasteiger partial charge in [-0.25, -0.2) is 0 Å². The summed E-state index contributed by atoms with van der Waals surface area (Å²) < 4.78 is 6.00. The van der Waals surface area contributed by atoms with Gasteiger partial charge in [-0.05, 0) is 66.6 Å². The fourth-order valence-corrected chi connectivity index (χ4v) is 7.37. The quantitative estimate of drug-likeness (QED) is 0.201. The van der Waals surface area contributed by atoms with Gasteiger partial charge in [0, 0.05) is 51.7 Å². The Morgan fingerprint density at radius 3 is 2.40 bits per heavy atom. The Bertz CT molecular complexity index is 1910. The molecule has 0 aliphatic heterocycles. The van der Waals surface area contributed by atoms with Gasteiger partial charge in [-0.3, -0.25) is 0 Å². The molecule has 168 valence electrons. The Morgan fingerprint density at radius 1 is 0.771 bits per heavy atom. The summed E-state index contributed by atoms with van der Waals surface area (Å²) in [6.07, 6.45) is 0. The van der Waals surface area contributed by atoms with Crippen molar-refractivity contribution in [2.45, 2.75) is 6.92 Å². The molecule has 0 bridgehead atoms. The predicted molar refractivity (Wildman–Crippen MR) is 157 cm³/mol. The Labute approximate surface area is 220 Å². The second-order valence-corrected chi connectivity index (χ2v) is 11.4. The van der Waals surface area contributed by atoms with E-state index in [9.17, 15) is 0 Å². The molecular formula is C31H19BrClNS. The van der Waals surface area contributed by atoms with Crippen molar-refractivity contribution >= 4 is 80.8 Å². The standard InChI is InChI=1S/C31H19BrClNS/c1-18-11-12-23-26-17-25(19-14-20(32)16-21(33)15-19)31-29(24-9-5-6-10-28(24)35-31)30(26)34(27(23)13-18)22-7-3-2-4-8-22/h2-17H,1H3. The van der Waals surface area contributed by atoms with Gasteiger partial charge in [0.05, 0.1) is 11.0 Å². The van der Waals surface area contributed by atoms with Crippen LogP contribution in [0, 0.1) is 6.92 Å². The van der Waals surface area contributed by atoms with Crippen molar-refractivity contribution in [2.75, 3.05) is 0 Å². The smallest absolute Gasteiger partial charge is 0.0634 e. The fraction of sp³-hybridized carbons (Fsp3) is 0.0323. The molecule has 0 unspecified atom stereocenters. The van der Waals surface area contributed by atoms with Gasteiger partial charge in [-0.15, -0.1) is 11.3 Å². The van der Waals surface area contributed by atoms with Crippen molar-refractivity contribution in [2.24, 2.45) is 0 Å². The molecule has 5 aromatic carbocycles. The molecule has 0 aliphatic carbocycles. The van der Waals surface area contributed by atoms with Gasteiger partial charge in [-0.1, -0.05) is 76.1 Å². The topological polar surface area (TPSA) is 4.93 Å². The summed E-state index contributed by atoms with van der Waals surface area (Å²) in [6.45, 7) is 2.16. The lowest BCUT2D eigenvalue weighted by Gasteiger charge is -2.11. The molecule has 2 aromatic heterocycles. The second-order valence-electron chi connectivity index (χ2n) is 8.97. The molecule has 4 heteroatoms. The first-order valence-corrected chi connectivity index (χ1v) is 13.5. The SMILES string of the molecule is Cc1ccc2c3cc(-c4cc(Cl)cc(Br)c4)c4sc5ccccc5c4c3n(-c3ccccc3)c2c1. The number of para-hydroxylation sites is 1. The molecule has 0 amide bonds. The third-order valence-electron chi connectivity index (χ3n) is 6.72. The molecule has 35 heavy (non-hydrogen) atoms. The summed E-state index contributed by atoms with van der Waals surface area (Å²) in [7, 11) is 0. The summed E-state index contributed by atoms with van der Waals surface area (Å²) in [5, 5.41) is 5.83. The van der Waals surface area contributed by atoms with Gasteiger partial charge < -0.3 is 4.57 Å². The third kappa shape index (κ3) is 3.26. The van der Waals surface area contributed by atoms with Gasteiger partial charge >= 0.3 is 0 Å². The van der Waals surface area contributed by atoms with Gasteiger partial charge in [0.2, 0.25) is 0 Å². The number of hydrogen-bond donors (Lipinski definition) is 0. The second kappa shape index (κ2) is 7.96. The normalized spacial score (nSPS) is 11.9. The first-order chi connectivity index (χ1) is 17.1. The maximum Gasteiger partial charge on any atom is 0.0634 e. The van der Waals surface area contributed by atoms with Crippen LogP contribution in [0.25, 0.3) is 58.8 Å². The van der Waals surface area contributed by atoms with Crippen LogP contribution in [-0.2, 0) is 0 Å². The molecule has 1 nitrogen and oxygen atoms in total. The Morgan fingerprint density at radius 2 is 1.57 bits per heavy atom. The van der Waals surface area contributed by atoms with E-state index in [-0.39, 0.29) is 0 Å². The van der Waals surface area contributed by atoms with Crippen molar-refractivity contribution in [3.05, 3.63) is 112 Å². The van der Waals surface area contributed by atoms with Gasteiger partial charge in [0.15, 0.2) is 0 Å². The highest BCUT2D eigenvalue weighted by atomic mass is 79.9. The monoisotopic (exact) mass is 551 g/mol. The zero-order valence-corrected chi connectivity index (χ0v) is 22.0. The molecule has 0 spiro atoms. The van der Waals surface area contributed by atoms with Gasteiger partial charge in [-0.2, -0.15) is 0 Å². The molecule has 0 fully saturated rings. The van der Waals surface area contributed by atoms with E-state index < -0.39 is 0 Å². The molecule has 2 heterocycles. The Hall–Kier alpha value is -3.11. The number of nitrogens with zero attached hydrogens (tertiary/aromatic N) is 1. The van der Waals surface area contributed by atoms with Crippen LogP contribution >= 0.6 is 38.9 Å². The van der Waals surface area contributed by atoms with E-state index in [0.29, 0.717) is 0 Å². The molecular weight excluding hydrogens is 534 g/mol. The summed E-state index contributed by atoms with van der Waals surface area (Å²) in [4.78, 5) is 0. The van der Waals surface area contributed by atoms with Gasteiger partial charge in [0.25, 0.3) is 0 Å². The minimum absolute atomic E-state index is 0.728. The first-order valence-electron chi connectivity index (χ1n) is 11.5. The highest BCUT2D eigenvalue weighted by molar-refractivity contribution is 9.10. The van der Waals surface area contributed by atoms with Crippen molar-refractivity contribution in [1.29, 1.82) is 0 Å². The fourth-order valence-electron chi connectivity index (χ4n) is 5.26. The number of fused-ring (bicyclic) bond motifs is 7. The Kier molecular flexibility index (Phi) is 4.82. The van der Waals surface area contributed by atoms with Crippen LogP contribution in [0.4, 0.5) is 0 Å². The Balaban J connectivity index is 1.77. The lowest BCUT2D eigenvalue weighted by molar-refractivity contribution is 1.18. The number of aromatic nitrogens is 1. The molecule has 0 aliphatic rings. The lowest BCUT2D eigenvalue weighted by atomic mass is 9.98. The van der Waals surface area contributed by atoms with Crippen LogP contribution in [0.2, 0.25) is 5.02 Å². The van der Waals surface area contributed by atoms with Crippen molar-refractivity contribution in [3.63, 3.8) is 0 Å². The first kappa shape index (κ1) is 21.2. The maximum absolute atomic E-state index is 6.51. The van der Waals surface area contributed by atoms with Crippen molar-refractivity contribution in [1.82, 2.24) is 4.57 Å². The van der Waals surface area contributed by atoms with Crippen molar-refractivity contribution < 1.29 is 0 Å². The number of halogens is 2. The van der Waals surface area contributed by atoms with E-state index in [0.717, 1.165) is 15.1 Å². The summed E-state index contributed by atoms with van der Waals surface area (Å²) in [5.41, 5.74) is 7.25. The van der Waals surface area contributed by atoms with E-state index in [2.05, 4.69) is 118 Å². The molecule has 0 saturated heterocycles. The zero-order valence-electron chi connectivity index (χ0n) is 18.8. The highest BCUT2D eigenvalue weighted by Crippen LogP contribution is 2.48. The predicted octanol–water partition coefficient (Wildman–Crippen LogP) is 10.5. The minimum atomic E-state index is 0.728. The van der Waals surface area contributed by atoms with E-state index in [1.54, 1.807) is 0 Å². The number of thiophene rings is 1. The van der Waals surface area contributed by atoms with Crippen LogP contribution < -0.4 is 0 Å². The largest absolute Gasteiger partial charge is 0.309 e. The van der Waals surface area contributed by atoms with Crippen LogP contribution in [0.15, 0.2) is 102 Å². The average Bonchev–Trinajstić information content (AvgIpc) is 3.38. The number of rotatable bonds is 2. The highest BCUT2D eigenvalue weighted by Gasteiger charge is 2.21. The number of benzene rings is 5. The molecule has 7 rings (SSSR count). The van der Waals surface area contributed by atoms with E-state index in [1.165, 1.54) is 58.8 Å². The molecule has 0 saturated carbocycles. The van der Waals surface area contributed by atoms with Crippen LogP contribution in [-0.4, -0.2) is 4.57 Å².